The predicted molar refractivity (Wildman–Crippen MR) is 95.6 cm³/mol. The normalized spacial score (nSPS) is 28.4. The van der Waals surface area contributed by atoms with Crippen LogP contribution >= 0.6 is 0 Å². The van der Waals surface area contributed by atoms with Crippen LogP contribution in [0.3, 0.4) is 0 Å². The number of rotatable bonds is 4. The molecule has 4 rings (SSSR count). The van der Waals surface area contributed by atoms with Crippen molar-refractivity contribution in [3.05, 3.63) is 71.3 Å². The minimum atomic E-state index is -0.249. The Hall–Kier alpha value is -2.11. The van der Waals surface area contributed by atoms with Crippen molar-refractivity contribution in [2.24, 2.45) is 0 Å². The number of carbonyl (C=O) groups is 1. The third-order valence-electron chi connectivity index (χ3n) is 5.52. The van der Waals surface area contributed by atoms with Crippen molar-refractivity contribution in [1.29, 1.82) is 0 Å². The van der Waals surface area contributed by atoms with Crippen LogP contribution in [0.5, 0.6) is 0 Å². The Morgan fingerprint density at radius 3 is 1.46 bits per heavy atom. The van der Waals surface area contributed by atoms with Crippen molar-refractivity contribution in [2.45, 2.75) is 49.9 Å². The summed E-state index contributed by atoms with van der Waals surface area (Å²) in [5.41, 5.74) is 2.04. The molecule has 3 nitrogen and oxygen atoms in total. The first-order valence-corrected chi connectivity index (χ1v) is 9.17. The molecule has 2 saturated heterocycles. The standard InChI is InChI=1S/C21H22F2N2O/c22-15-5-1-13(2-6-15)17-9-11-19(24-17)21(26)20-12-10-18(25-20)14-3-7-16(23)8-4-14/h1-8,17-20,24-25H,9-12H2. The van der Waals surface area contributed by atoms with Gasteiger partial charge in [-0.2, -0.15) is 0 Å². The highest BCUT2D eigenvalue weighted by atomic mass is 19.1. The fraction of sp³-hybridized carbons (Fsp3) is 0.381. The molecule has 2 aliphatic heterocycles. The molecule has 0 aliphatic carbocycles. The van der Waals surface area contributed by atoms with E-state index in [9.17, 15) is 13.6 Å². The van der Waals surface area contributed by atoms with E-state index in [1.165, 1.54) is 24.3 Å². The number of Topliss-reactive ketones (excluding diaryl/α,β-unsaturated/α-hetero) is 1. The number of carbonyl (C=O) groups excluding carboxylic acids is 1. The molecule has 26 heavy (non-hydrogen) atoms. The van der Waals surface area contributed by atoms with Crippen LogP contribution in [0, 0.1) is 11.6 Å². The lowest BCUT2D eigenvalue weighted by atomic mass is 10.0. The number of ketones is 1. The van der Waals surface area contributed by atoms with E-state index < -0.39 is 0 Å². The Kier molecular flexibility index (Phi) is 4.83. The van der Waals surface area contributed by atoms with Gasteiger partial charge in [0.2, 0.25) is 0 Å². The molecule has 2 aromatic rings. The van der Waals surface area contributed by atoms with Gasteiger partial charge in [-0.25, -0.2) is 8.78 Å². The Bertz CT molecular complexity index is 710. The summed E-state index contributed by atoms with van der Waals surface area (Å²) in [7, 11) is 0. The molecular weight excluding hydrogens is 334 g/mol. The minimum Gasteiger partial charge on any atom is -0.300 e. The first-order valence-electron chi connectivity index (χ1n) is 9.17. The van der Waals surface area contributed by atoms with E-state index in [0.29, 0.717) is 0 Å². The molecule has 0 aromatic heterocycles. The van der Waals surface area contributed by atoms with E-state index in [1.807, 2.05) is 0 Å². The second-order valence-corrected chi connectivity index (χ2v) is 7.20. The van der Waals surface area contributed by atoms with Gasteiger partial charge in [0, 0.05) is 12.1 Å². The van der Waals surface area contributed by atoms with Gasteiger partial charge in [-0.1, -0.05) is 24.3 Å². The topological polar surface area (TPSA) is 41.1 Å². The van der Waals surface area contributed by atoms with Gasteiger partial charge in [-0.15, -0.1) is 0 Å². The Labute approximate surface area is 151 Å². The van der Waals surface area contributed by atoms with Gasteiger partial charge in [-0.05, 0) is 61.1 Å². The molecule has 5 heteroatoms. The van der Waals surface area contributed by atoms with Crippen LogP contribution < -0.4 is 10.6 Å². The summed E-state index contributed by atoms with van der Waals surface area (Å²) >= 11 is 0. The maximum atomic E-state index is 13.1. The maximum absolute atomic E-state index is 13.1. The molecule has 2 aromatic carbocycles. The van der Waals surface area contributed by atoms with Gasteiger partial charge in [-0.3, -0.25) is 4.79 Å². The third kappa shape index (κ3) is 3.55. The number of hydrogen-bond donors (Lipinski definition) is 2. The van der Waals surface area contributed by atoms with Gasteiger partial charge in [0.05, 0.1) is 12.1 Å². The number of benzene rings is 2. The SMILES string of the molecule is O=C(C1CCC(c2ccc(F)cc2)N1)C1CCC(c2ccc(F)cc2)N1. The number of halogens is 2. The summed E-state index contributed by atoms with van der Waals surface area (Å²) in [5, 5.41) is 6.81. The van der Waals surface area contributed by atoms with Crippen molar-refractivity contribution >= 4 is 5.78 Å². The van der Waals surface area contributed by atoms with E-state index in [4.69, 9.17) is 0 Å². The highest BCUT2D eigenvalue weighted by molar-refractivity contribution is 5.89. The molecular formula is C21H22F2N2O. The minimum absolute atomic E-state index is 0.0962. The van der Waals surface area contributed by atoms with Crippen LogP contribution in [0.1, 0.15) is 48.9 Å². The molecule has 2 N–H and O–H groups in total. The van der Waals surface area contributed by atoms with Crippen molar-refractivity contribution in [3.63, 3.8) is 0 Å². The molecule has 136 valence electrons. The highest BCUT2D eigenvalue weighted by Crippen LogP contribution is 2.31. The molecule has 2 fully saturated rings. The average Bonchev–Trinajstić information content (AvgIpc) is 3.32. The summed E-state index contributed by atoms with van der Waals surface area (Å²) in [4.78, 5) is 12.9. The van der Waals surface area contributed by atoms with Crippen molar-refractivity contribution in [3.8, 4) is 0 Å². The zero-order chi connectivity index (χ0) is 18.1. The molecule has 0 bridgehead atoms. The quantitative estimate of drug-likeness (QED) is 0.875. The second-order valence-electron chi connectivity index (χ2n) is 7.20. The number of nitrogens with one attached hydrogen (secondary N) is 2. The third-order valence-corrected chi connectivity index (χ3v) is 5.52. The molecule has 0 spiro atoms. The van der Waals surface area contributed by atoms with Gasteiger partial charge < -0.3 is 10.6 Å². The summed E-state index contributed by atoms with van der Waals surface area (Å²) in [6.45, 7) is 0. The van der Waals surface area contributed by atoms with Crippen LogP contribution in [-0.4, -0.2) is 17.9 Å². The summed E-state index contributed by atoms with van der Waals surface area (Å²) in [6, 6.07) is 12.8. The van der Waals surface area contributed by atoms with Crippen molar-refractivity contribution in [1.82, 2.24) is 10.6 Å². The molecule has 2 heterocycles. The lowest BCUT2D eigenvalue weighted by Gasteiger charge is -2.19. The summed E-state index contributed by atoms with van der Waals surface area (Å²) in [6.07, 6.45) is 3.33. The van der Waals surface area contributed by atoms with E-state index in [1.54, 1.807) is 24.3 Å². The maximum Gasteiger partial charge on any atom is 0.166 e. The monoisotopic (exact) mass is 356 g/mol. The fourth-order valence-electron chi connectivity index (χ4n) is 4.09. The van der Waals surface area contributed by atoms with Gasteiger partial charge in [0.1, 0.15) is 11.6 Å². The molecule has 0 saturated carbocycles. The number of hydrogen-bond acceptors (Lipinski definition) is 3. The molecule has 2 aliphatic rings. The Morgan fingerprint density at radius 2 is 1.08 bits per heavy atom. The van der Waals surface area contributed by atoms with E-state index in [0.717, 1.165) is 36.8 Å². The van der Waals surface area contributed by atoms with Crippen LogP contribution in [0.25, 0.3) is 0 Å². The average molecular weight is 356 g/mol. The van der Waals surface area contributed by atoms with Crippen LogP contribution in [-0.2, 0) is 4.79 Å². The lowest BCUT2D eigenvalue weighted by molar-refractivity contribution is -0.122. The van der Waals surface area contributed by atoms with Crippen molar-refractivity contribution in [2.75, 3.05) is 0 Å². The van der Waals surface area contributed by atoms with Gasteiger partial charge in [0.25, 0.3) is 0 Å². The van der Waals surface area contributed by atoms with Gasteiger partial charge in [0.15, 0.2) is 5.78 Å². The summed E-state index contributed by atoms with van der Waals surface area (Å²) < 4.78 is 26.2. The molecule has 4 unspecified atom stereocenters. The van der Waals surface area contributed by atoms with Gasteiger partial charge >= 0.3 is 0 Å². The van der Waals surface area contributed by atoms with E-state index in [-0.39, 0.29) is 41.6 Å². The van der Waals surface area contributed by atoms with Crippen LogP contribution in [0.15, 0.2) is 48.5 Å². The zero-order valence-electron chi connectivity index (χ0n) is 14.4. The van der Waals surface area contributed by atoms with Crippen LogP contribution in [0.4, 0.5) is 8.78 Å². The zero-order valence-corrected chi connectivity index (χ0v) is 14.4. The predicted octanol–water partition coefficient (Wildman–Crippen LogP) is 3.82. The Morgan fingerprint density at radius 1 is 0.692 bits per heavy atom. The first-order chi connectivity index (χ1) is 12.6. The Balaban J connectivity index is 1.36. The second kappa shape index (κ2) is 7.25. The molecule has 4 atom stereocenters. The molecule has 0 amide bonds. The largest absolute Gasteiger partial charge is 0.300 e. The first kappa shape index (κ1) is 17.3. The highest BCUT2D eigenvalue weighted by Gasteiger charge is 2.37. The molecule has 0 radical (unpaired) electrons. The fourth-order valence-corrected chi connectivity index (χ4v) is 4.09. The van der Waals surface area contributed by atoms with Crippen LogP contribution in [0.2, 0.25) is 0 Å². The lowest BCUT2D eigenvalue weighted by Crippen LogP contribution is -2.43. The van der Waals surface area contributed by atoms with E-state index in [2.05, 4.69) is 10.6 Å². The summed E-state index contributed by atoms with van der Waals surface area (Å²) in [5.74, 6) is -0.304. The van der Waals surface area contributed by atoms with Crippen molar-refractivity contribution < 1.29 is 13.6 Å². The smallest absolute Gasteiger partial charge is 0.166 e. The van der Waals surface area contributed by atoms with E-state index >= 15 is 0 Å².